The Labute approximate surface area is 104 Å². The van der Waals surface area contributed by atoms with Gasteiger partial charge in [0.1, 0.15) is 11.6 Å². The minimum absolute atomic E-state index is 0.0342. The van der Waals surface area contributed by atoms with Gasteiger partial charge in [-0.3, -0.25) is 0 Å². The maximum atomic E-state index is 14.4. The van der Waals surface area contributed by atoms with Crippen molar-refractivity contribution in [1.29, 1.82) is 0 Å². The lowest BCUT2D eigenvalue weighted by atomic mass is 9.88. The molecule has 1 aliphatic rings. The second kappa shape index (κ2) is 5.18. The minimum Gasteiger partial charge on any atom is -0.496 e. The van der Waals surface area contributed by atoms with Gasteiger partial charge in [0.25, 0.3) is 5.92 Å². The van der Waals surface area contributed by atoms with Crippen molar-refractivity contribution in [3.8, 4) is 5.75 Å². The lowest BCUT2D eigenvalue weighted by Crippen LogP contribution is -2.39. The van der Waals surface area contributed by atoms with Gasteiger partial charge in [0.05, 0.1) is 12.7 Å². The molecule has 1 unspecified atom stereocenters. The van der Waals surface area contributed by atoms with E-state index in [4.69, 9.17) is 4.74 Å². The van der Waals surface area contributed by atoms with Crippen molar-refractivity contribution in [2.24, 2.45) is 5.92 Å². The van der Waals surface area contributed by atoms with Crippen LogP contribution in [0.4, 0.5) is 13.2 Å². The second-order valence-electron chi connectivity index (χ2n) is 4.51. The van der Waals surface area contributed by atoms with Crippen molar-refractivity contribution >= 4 is 0 Å². The van der Waals surface area contributed by atoms with Crippen LogP contribution in [0.3, 0.4) is 0 Å². The molecule has 5 heteroatoms. The van der Waals surface area contributed by atoms with Gasteiger partial charge < -0.3 is 10.1 Å². The van der Waals surface area contributed by atoms with Crippen LogP contribution in [-0.4, -0.2) is 20.2 Å². The van der Waals surface area contributed by atoms with Crippen LogP contribution in [0.5, 0.6) is 5.75 Å². The Morgan fingerprint density at radius 1 is 1.39 bits per heavy atom. The highest BCUT2D eigenvalue weighted by molar-refractivity contribution is 5.37. The second-order valence-corrected chi connectivity index (χ2v) is 4.51. The molecule has 1 N–H and O–H groups in total. The molecule has 100 valence electrons. The number of benzene rings is 1. The maximum absolute atomic E-state index is 14.4. The van der Waals surface area contributed by atoms with Gasteiger partial charge in [-0.15, -0.1) is 0 Å². The summed E-state index contributed by atoms with van der Waals surface area (Å²) in [5, 5.41) is 2.95. The quantitative estimate of drug-likeness (QED) is 0.901. The van der Waals surface area contributed by atoms with E-state index in [9.17, 15) is 13.2 Å². The van der Waals surface area contributed by atoms with Crippen LogP contribution < -0.4 is 10.1 Å². The summed E-state index contributed by atoms with van der Waals surface area (Å²) < 4.78 is 46.9. The number of methoxy groups -OCH3 is 1. The van der Waals surface area contributed by atoms with Gasteiger partial charge in [-0.05, 0) is 37.6 Å². The largest absolute Gasteiger partial charge is 0.496 e. The summed E-state index contributed by atoms with van der Waals surface area (Å²) in [6, 6.07) is 3.24. The van der Waals surface area contributed by atoms with Crippen molar-refractivity contribution in [2.45, 2.75) is 18.8 Å². The zero-order valence-electron chi connectivity index (χ0n) is 10.2. The van der Waals surface area contributed by atoms with E-state index in [1.807, 2.05) is 0 Å². The number of piperidine rings is 1. The van der Waals surface area contributed by atoms with Crippen LogP contribution in [0, 0.1) is 11.7 Å². The lowest BCUT2D eigenvalue weighted by molar-refractivity contribution is -0.0741. The molecular weight excluding hydrogens is 243 g/mol. The zero-order valence-corrected chi connectivity index (χ0v) is 10.2. The highest BCUT2D eigenvalue weighted by atomic mass is 19.3. The van der Waals surface area contributed by atoms with Crippen LogP contribution in [-0.2, 0) is 5.92 Å². The molecule has 1 aromatic rings. The van der Waals surface area contributed by atoms with E-state index >= 15 is 0 Å². The molecule has 0 spiro atoms. The number of halogens is 3. The third-order valence-corrected chi connectivity index (χ3v) is 3.33. The van der Waals surface area contributed by atoms with Crippen LogP contribution >= 0.6 is 0 Å². The first-order valence-electron chi connectivity index (χ1n) is 5.98. The molecule has 0 radical (unpaired) electrons. The molecule has 2 rings (SSSR count). The maximum Gasteiger partial charge on any atom is 0.280 e. The Balaban J connectivity index is 2.35. The number of nitrogens with one attached hydrogen (secondary N) is 1. The molecule has 1 fully saturated rings. The topological polar surface area (TPSA) is 21.3 Å². The molecule has 0 amide bonds. The molecule has 0 saturated carbocycles. The van der Waals surface area contributed by atoms with Gasteiger partial charge in [-0.25, -0.2) is 13.2 Å². The first-order chi connectivity index (χ1) is 8.55. The van der Waals surface area contributed by atoms with Crippen LogP contribution in [0.15, 0.2) is 18.2 Å². The summed E-state index contributed by atoms with van der Waals surface area (Å²) in [4.78, 5) is 0. The summed E-state index contributed by atoms with van der Waals surface area (Å²) in [6.07, 6.45) is 1.14. The van der Waals surface area contributed by atoms with Crippen molar-refractivity contribution in [3.05, 3.63) is 29.6 Å². The highest BCUT2D eigenvalue weighted by Crippen LogP contribution is 2.43. The fourth-order valence-electron chi connectivity index (χ4n) is 2.32. The fraction of sp³-hybridized carbons (Fsp3) is 0.538. The molecule has 18 heavy (non-hydrogen) atoms. The fourth-order valence-corrected chi connectivity index (χ4v) is 2.32. The SMILES string of the molecule is COc1ccc(F)cc1C(F)(F)C1CCCNC1. The molecule has 1 saturated heterocycles. The van der Waals surface area contributed by atoms with Crippen LogP contribution in [0.1, 0.15) is 18.4 Å². The van der Waals surface area contributed by atoms with E-state index < -0.39 is 17.7 Å². The summed E-state index contributed by atoms with van der Waals surface area (Å²) in [5.74, 6) is -4.54. The van der Waals surface area contributed by atoms with Gasteiger partial charge in [-0.2, -0.15) is 0 Å². The van der Waals surface area contributed by atoms with Crippen molar-refractivity contribution < 1.29 is 17.9 Å². The van der Waals surface area contributed by atoms with E-state index in [0.717, 1.165) is 18.7 Å². The number of ether oxygens (including phenoxy) is 1. The van der Waals surface area contributed by atoms with E-state index in [1.54, 1.807) is 0 Å². The van der Waals surface area contributed by atoms with E-state index in [1.165, 1.54) is 13.2 Å². The summed E-state index contributed by atoms with van der Waals surface area (Å²) in [7, 11) is 1.31. The van der Waals surface area contributed by atoms with Gasteiger partial charge in [0, 0.05) is 12.5 Å². The number of alkyl halides is 2. The first kappa shape index (κ1) is 13.2. The molecule has 0 bridgehead atoms. The predicted octanol–water partition coefficient (Wildman–Crippen LogP) is 2.93. The smallest absolute Gasteiger partial charge is 0.280 e. The van der Waals surface area contributed by atoms with Crippen molar-refractivity contribution in [3.63, 3.8) is 0 Å². The molecule has 1 heterocycles. The van der Waals surface area contributed by atoms with E-state index in [-0.39, 0.29) is 17.9 Å². The number of hydrogen-bond donors (Lipinski definition) is 1. The molecule has 0 aromatic heterocycles. The van der Waals surface area contributed by atoms with E-state index in [0.29, 0.717) is 12.8 Å². The minimum atomic E-state index is -3.08. The Kier molecular flexibility index (Phi) is 3.80. The molecule has 1 aliphatic heterocycles. The molecule has 2 nitrogen and oxygen atoms in total. The standard InChI is InChI=1S/C13H16F3NO/c1-18-12-5-4-10(14)7-11(12)13(15,16)9-3-2-6-17-8-9/h4-5,7,9,17H,2-3,6,8H2,1H3. The van der Waals surface area contributed by atoms with Gasteiger partial charge >= 0.3 is 0 Å². The third kappa shape index (κ3) is 2.46. The average molecular weight is 259 g/mol. The Hall–Kier alpha value is -1.23. The third-order valence-electron chi connectivity index (χ3n) is 3.33. The number of hydrogen-bond acceptors (Lipinski definition) is 2. The molecule has 1 atom stereocenters. The van der Waals surface area contributed by atoms with Crippen molar-refractivity contribution in [2.75, 3.05) is 20.2 Å². The zero-order chi connectivity index (χ0) is 13.2. The normalized spacial score (nSPS) is 20.8. The van der Waals surface area contributed by atoms with Gasteiger partial charge in [0.2, 0.25) is 0 Å². The summed E-state index contributed by atoms with van der Waals surface area (Å²) in [5.41, 5.74) is -0.362. The van der Waals surface area contributed by atoms with Crippen molar-refractivity contribution in [1.82, 2.24) is 5.32 Å². The summed E-state index contributed by atoms with van der Waals surface area (Å²) >= 11 is 0. The van der Waals surface area contributed by atoms with E-state index in [2.05, 4.69) is 5.32 Å². The van der Waals surface area contributed by atoms with Gasteiger partial charge in [0.15, 0.2) is 0 Å². The number of rotatable bonds is 3. The first-order valence-corrected chi connectivity index (χ1v) is 5.98. The Morgan fingerprint density at radius 3 is 2.78 bits per heavy atom. The highest BCUT2D eigenvalue weighted by Gasteiger charge is 2.43. The van der Waals surface area contributed by atoms with Crippen LogP contribution in [0.25, 0.3) is 0 Å². The van der Waals surface area contributed by atoms with Crippen LogP contribution in [0.2, 0.25) is 0 Å². The molecular formula is C13H16F3NO. The average Bonchev–Trinajstić information content (AvgIpc) is 2.39. The molecule has 0 aliphatic carbocycles. The lowest BCUT2D eigenvalue weighted by Gasteiger charge is -2.31. The monoisotopic (exact) mass is 259 g/mol. The Bertz CT molecular complexity index is 417. The Morgan fingerprint density at radius 2 is 2.17 bits per heavy atom. The molecule has 1 aromatic carbocycles. The predicted molar refractivity (Wildman–Crippen MR) is 62.4 cm³/mol. The summed E-state index contributed by atoms with van der Waals surface area (Å²) in [6.45, 7) is 1.000. The van der Waals surface area contributed by atoms with Gasteiger partial charge in [-0.1, -0.05) is 0 Å².